The zero-order valence-corrected chi connectivity index (χ0v) is 30.7. The first-order chi connectivity index (χ1) is 18.7. The molecule has 0 radical (unpaired) electrons. The maximum Gasteiger partial charge on any atom is 0.264 e. The molecule has 9 heteroatoms. The van der Waals surface area contributed by atoms with E-state index < -0.39 is 38.0 Å². The van der Waals surface area contributed by atoms with Gasteiger partial charge in [-0.1, -0.05) is 72.6 Å². The molecular weight excluding hydrogens is 569 g/mol. The lowest BCUT2D eigenvalue weighted by molar-refractivity contribution is 0.0816. The van der Waals surface area contributed by atoms with Crippen molar-refractivity contribution in [2.45, 2.75) is 141 Å². The van der Waals surface area contributed by atoms with E-state index in [-0.39, 0.29) is 29.8 Å². The van der Waals surface area contributed by atoms with Crippen LogP contribution in [0, 0.1) is 23.7 Å². The molecule has 6 nitrogen and oxygen atoms in total. The largest absolute Gasteiger partial charge is 0.414 e. The first kappa shape index (κ1) is 35.2. The van der Waals surface area contributed by atoms with Crippen LogP contribution in [-0.4, -0.2) is 61.3 Å². The molecule has 2 aliphatic carbocycles. The van der Waals surface area contributed by atoms with Gasteiger partial charge in [0.2, 0.25) is 0 Å². The molecule has 3 fully saturated rings. The van der Waals surface area contributed by atoms with Gasteiger partial charge in [-0.3, -0.25) is 4.18 Å². The molecule has 3 unspecified atom stereocenters. The van der Waals surface area contributed by atoms with Crippen molar-refractivity contribution < 1.29 is 26.2 Å². The van der Waals surface area contributed by atoms with Crippen LogP contribution in [0.5, 0.6) is 0 Å². The van der Waals surface area contributed by atoms with Crippen molar-refractivity contribution in [1.82, 2.24) is 0 Å². The third kappa shape index (κ3) is 8.67. The molecule has 0 aromatic rings. The highest BCUT2D eigenvalue weighted by Gasteiger charge is 2.71. The lowest BCUT2D eigenvalue weighted by atomic mass is 9.86. The first-order valence-corrected chi connectivity index (χ1v) is 23.7. The molecule has 0 amide bonds. The summed E-state index contributed by atoms with van der Waals surface area (Å²) >= 11 is 0. The fourth-order valence-corrected chi connectivity index (χ4v) is 11.4. The molecule has 238 valence electrons. The van der Waals surface area contributed by atoms with E-state index in [0.717, 1.165) is 31.9 Å². The van der Waals surface area contributed by atoms with Crippen LogP contribution in [0.15, 0.2) is 24.8 Å². The standard InChI is InChI=1S/C32H60O6SSi2/c1-13-15-19-40(9,10)37-28-20-26-27(22-32(29(26)36-32)23-35-39(8,33)34)25(28)17-16-18-31(14-2,21-24(3)4)38-41(11,12)30(5,6)7/h14,16-17,24-29H,2,13,15,18-23H2,1,3-12H3/b17-16+/t25-,26-,27+,28+,29?,31?,32?/m0/s1. The van der Waals surface area contributed by atoms with Crippen LogP contribution in [0.1, 0.15) is 80.1 Å². The van der Waals surface area contributed by atoms with Gasteiger partial charge in [0.25, 0.3) is 10.1 Å². The van der Waals surface area contributed by atoms with Gasteiger partial charge in [0.05, 0.1) is 30.7 Å². The second-order valence-corrected chi connectivity index (χ2v) is 26.4. The third-order valence-electron chi connectivity index (χ3n) is 10.1. The molecule has 41 heavy (non-hydrogen) atoms. The number of hydrogen-bond acceptors (Lipinski definition) is 6. The number of hydrogen-bond donors (Lipinski definition) is 0. The highest BCUT2D eigenvalue weighted by molar-refractivity contribution is 7.85. The van der Waals surface area contributed by atoms with Crippen LogP contribution in [0.3, 0.4) is 0 Å². The molecule has 0 bridgehead atoms. The number of ether oxygens (including phenoxy) is 1. The summed E-state index contributed by atoms with van der Waals surface area (Å²) in [5, 5.41) is 0.113. The highest BCUT2D eigenvalue weighted by Crippen LogP contribution is 2.63. The fraction of sp³-hybridized carbons (Fsp3) is 0.875. The normalized spacial score (nSPS) is 31.9. The number of unbranched alkanes of at least 4 members (excludes halogenated alkanes) is 1. The molecule has 0 aromatic heterocycles. The maximum absolute atomic E-state index is 11.7. The number of epoxide rings is 1. The van der Waals surface area contributed by atoms with Crippen LogP contribution in [0.4, 0.5) is 0 Å². The van der Waals surface area contributed by atoms with E-state index in [9.17, 15) is 8.42 Å². The smallest absolute Gasteiger partial charge is 0.264 e. The minimum atomic E-state index is -3.51. The van der Waals surface area contributed by atoms with Crippen molar-refractivity contribution in [3.8, 4) is 0 Å². The minimum absolute atomic E-state index is 0.0642. The average molecular weight is 629 g/mol. The summed E-state index contributed by atoms with van der Waals surface area (Å²) in [6, 6.07) is 1.17. The van der Waals surface area contributed by atoms with Crippen LogP contribution in [0.25, 0.3) is 0 Å². The zero-order chi connectivity index (χ0) is 31.1. The zero-order valence-electron chi connectivity index (χ0n) is 27.9. The van der Waals surface area contributed by atoms with Gasteiger partial charge >= 0.3 is 0 Å². The highest BCUT2D eigenvalue weighted by atomic mass is 32.2. The van der Waals surface area contributed by atoms with E-state index in [4.69, 9.17) is 17.8 Å². The Bertz CT molecular complexity index is 1050. The van der Waals surface area contributed by atoms with Gasteiger partial charge in [-0.05, 0) is 80.7 Å². The van der Waals surface area contributed by atoms with Gasteiger partial charge in [-0.15, -0.1) is 6.58 Å². The molecular formula is C32H60O6SSi2. The second kappa shape index (κ2) is 12.6. The Kier molecular flexibility index (Phi) is 10.8. The Morgan fingerprint density at radius 1 is 1.15 bits per heavy atom. The van der Waals surface area contributed by atoms with Crippen molar-refractivity contribution in [3.05, 3.63) is 24.8 Å². The summed E-state index contributed by atoms with van der Waals surface area (Å²) in [5.74, 6) is 1.53. The second-order valence-electron chi connectivity index (χ2n) is 15.8. The lowest BCUT2D eigenvalue weighted by Gasteiger charge is -2.45. The fourth-order valence-electron chi connectivity index (χ4n) is 7.05. The van der Waals surface area contributed by atoms with Crippen molar-refractivity contribution in [2.24, 2.45) is 23.7 Å². The first-order valence-electron chi connectivity index (χ1n) is 15.9. The topological polar surface area (TPSA) is 74.4 Å². The van der Waals surface area contributed by atoms with Gasteiger partial charge < -0.3 is 13.6 Å². The van der Waals surface area contributed by atoms with Crippen molar-refractivity contribution in [2.75, 3.05) is 12.9 Å². The average Bonchev–Trinajstić information content (AvgIpc) is 3.31. The van der Waals surface area contributed by atoms with E-state index >= 15 is 0 Å². The van der Waals surface area contributed by atoms with Crippen molar-refractivity contribution in [1.29, 1.82) is 0 Å². The summed E-state index contributed by atoms with van der Waals surface area (Å²) in [6.45, 7) is 27.4. The molecule has 0 spiro atoms. The van der Waals surface area contributed by atoms with Crippen molar-refractivity contribution in [3.63, 3.8) is 0 Å². The molecule has 2 saturated carbocycles. The maximum atomic E-state index is 11.7. The van der Waals surface area contributed by atoms with Gasteiger partial charge in [-0.25, -0.2) is 0 Å². The third-order valence-corrected chi connectivity index (χ3v) is 17.7. The Morgan fingerprint density at radius 3 is 2.34 bits per heavy atom. The molecule has 3 rings (SSSR count). The SMILES string of the molecule is C=CC(C/C=C/[C@H]1[C@H]2CC3(COS(C)(=O)=O)OC3[C@H]2C[C@H]1O[Si](C)(C)CCCC)(CC(C)C)O[Si](C)(C)C(C)(C)C. The summed E-state index contributed by atoms with van der Waals surface area (Å²) in [7, 11) is -7.35. The molecule has 0 aromatic carbocycles. The van der Waals surface area contributed by atoms with E-state index in [0.29, 0.717) is 17.8 Å². The van der Waals surface area contributed by atoms with Gasteiger partial charge in [0, 0.05) is 5.92 Å². The lowest BCUT2D eigenvalue weighted by Crippen LogP contribution is -2.49. The molecule has 0 N–H and O–H groups in total. The monoisotopic (exact) mass is 628 g/mol. The van der Waals surface area contributed by atoms with E-state index in [1.54, 1.807) is 0 Å². The van der Waals surface area contributed by atoms with Crippen LogP contribution >= 0.6 is 0 Å². The van der Waals surface area contributed by atoms with Crippen LogP contribution in [-0.2, 0) is 27.9 Å². The molecule has 7 atom stereocenters. The Morgan fingerprint density at radius 2 is 1.80 bits per heavy atom. The summed E-state index contributed by atoms with van der Waals surface area (Å²) < 4.78 is 49.0. The van der Waals surface area contributed by atoms with Gasteiger partial charge in [-0.2, -0.15) is 8.42 Å². The van der Waals surface area contributed by atoms with E-state index in [1.165, 1.54) is 18.9 Å². The quantitative estimate of drug-likeness (QED) is 0.0745. The summed E-state index contributed by atoms with van der Waals surface area (Å²) in [5.41, 5.74) is -0.860. The number of rotatable bonds is 16. The van der Waals surface area contributed by atoms with E-state index in [2.05, 4.69) is 92.5 Å². The minimum Gasteiger partial charge on any atom is -0.414 e. The molecule has 1 aliphatic heterocycles. The Balaban J connectivity index is 1.85. The predicted molar refractivity (Wildman–Crippen MR) is 175 cm³/mol. The molecule has 1 heterocycles. The van der Waals surface area contributed by atoms with Crippen LogP contribution in [0.2, 0.25) is 37.3 Å². The summed E-state index contributed by atoms with van der Waals surface area (Å²) in [4.78, 5) is 0. The van der Waals surface area contributed by atoms with E-state index in [1.807, 2.05) is 0 Å². The Labute approximate surface area is 254 Å². The van der Waals surface area contributed by atoms with Crippen molar-refractivity contribution >= 4 is 26.8 Å². The van der Waals surface area contributed by atoms with Gasteiger partial charge in [0.15, 0.2) is 16.6 Å². The predicted octanol–water partition coefficient (Wildman–Crippen LogP) is 8.09. The summed E-state index contributed by atoms with van der Waals surface area (Å²) in [6.07, 6.45) is 14.1. The molecule has 3 aliphatic rings. The Hall–Kier alpha value is -0.296. The van der Waals surface area contributed by atoms with Crippen LogP contribution < -0.4 is 0 Å². The van der Waals surface area contributed by atoms with Gasteiger partial charge in [0.1, 0.15) is 5.60 Å². The molecule has 1 saturated heterocycles. The number of fused-ring (bicyclic) bond motifs is 3.